The summed E-state index contributed by atoms with van der Waals surface area (Å²) in [5.41, 5.74) is 1.13. The van der Waals surface area contributed by atoms with E-state index in [4.69, 9.17) is 14.2 Å². The van der Waals surface area contributed by atoms with E-state index in [1.807, 2.05) is 13.8 Å². The number of halogens is 1. The second-order valence-electron chi connectivity index (χ2n) is 8.86. The molecule has 7 nitrogen and oxygen atoms in total. The zero-order valence-corrected chi connectivity index (χ0v) is 21.0. The molecule has 1 amide bonds. The summed E-state index contributed by atoms with van der Waals surface area (Å²) < 4.78 is 30.5. The van der Waals surface area contributed by atoms with E-state index in [0.29, 0.717) is 17.1 Å². The zero-order chi connectivity index (χ0) is 26.7. The van der Waals surface area contributed by atoms with Gasteiger partial charge in [0.25, 0.3) is 11.7 Å². The SMILES string of the molecule is COc1ccc(CN2C(=O)C(=O)/C(=C(/O)c3cc(F)ccc3OC)C2c2cccc(OC(C)C)c2)cc1. The predicted octanol–water partition coefficient (Wildman–Crippen LogP) is 5.25. The van der Waals surface area contributed by atoms with Gasteiger partial charge in [0.2, 0.25) is 0 Å². The van der Waals surface area contributed by atoms with E-state index in [0.717, 1.165) is 11.6 Å². The average molecular weight is 506 g/mol. The number of likely N-dealkylation sites (tertiary alicyclic amines) is 1. The largest absolute Gasteiger partial charge is 0.507 e. The van der Waals surface area contributed by atoms with Crippen LogP contribution in [0.5, 0.6) is 17.2 Å². The van der Waals surface area contributed by atoms with Gasteiger partial charge in [-0.1, -0.05) is 24.3 Å². The van der Waals surface area contributed by atoms with E-state index in [1.165, 1.54) is 24.1 Å². The first kappa shape index (κ1) is 25.8. The monoisotopic (exact) mass is 505 g/mol. The second-order valence-corrected chi connectivity index (χ2v) is 8.86. The van der Waals surface area contributed by atoms with E-state index < -0.39 is 29.3 Å². The van der Waals surface area contributed by atoms with Crippen LogP contribution in [0.4, 0.5) is 4.39 Å². The summed E-state index contributed by atoms with van der Waals surface area (Å²) in [5, 5.41) is 11.3. The van der Waals surface area contributed by atoms with Gasteiger partial charge in [0.15, 0.2) is 0 Å². The van der Waals surface area contributed by atoms with Gasteiger partial charge < -0.3 is 24.2 Å². The number of rotatable bonds is 8. The Labute approximate surface area is 214 Å². The number of ketones is 1. The Balaban J connectivity index is 1.88. The van der Waals surface area contributed by atoms with Crippen LogP contribution in [-0.2, 0) is 16.1 Å². The van der Waals surface area contributed by atoms with Gasteiger partial charge in [0, 0.05) is 6.54 Å². The second kappa shape index (κ2) is 10.7. The molecular formula is C29H28FNO6. The van der Waals surface area contributed by atoms with E-state index >= 15 is 0 Å². The summed E-state index contributed by atoms with van der Waals surface area (Å²) >= 11 is 0. The molecule has 1 aliphatic rings. The Morgan fingerprint density at radius 2 is 1.70 bits per heavy atom. The van der Waals surface area contributed by atoms with Crippen LogP contribution < -0.4 is 14.2 Å². The molecule has 37 heavy (non-hydrogen) atoms. The Morgan fingerprint density at radius 3 is 2.35 bits per heavy atom. The molecule has 3 aromatic rings. The Hall–Kier alpha value is -4.33. The van der Waals surface area contributed by atoms with Gasteiger partial charge in [-0.3, -0.25) is 9.59 Å². The van der Waals surface area contributed by atoms with Crippen molar-refractivity contribution >= 4 is 17.4 Å². The number of carbonyl (C=O) groups excluding carboxylic acids is 2. The van der Waals surface area contributed by atoms with Gasteiger partial charge >= 0.3 is 0 Å². The lowest BCUT2D eigenvalue weighted by Gasteiger charge is -2.26. The number of methoxy groups -OCH3 is 2. The van der Waals surface area contributed by atoms with Crippen LogP contribution in [0, 0.1) is 5.82 Å². The maximum absolute atomic E-state index is 14.1. The number of nitrogens with zero attached hydrogens (tertiary/aromatic N) is 1. The summed E-state index contributed by atoms with van der Waals surface area (Å²) in [6.07, 6.45) is -0.0996. The highest BCUT2D eigenvalue weighted by Crippen LogP contribution is 2.42. The van der Waals surface area contributed by atoms with E-state index in [-0.39, 0.29) is 29.5 Å². The molecule has 0 saturated carbocycles. The van der Waals surface area contributed by atoms with Crippen LogP contribution in [0.3, 0.4) is 0 Å². The molecule has 0 radical (unpaired) electrons. The quantitative estimate of drug-likeness (QED) is 0.256. The lowest BCUT2D eigenvalue weighted by atomic mass is 9.94. The Morgan fingerprint density at radius 1 is 0.973 bits per heavy atom. The van der Waals surface area contributed by atoms with Crippen molar-refractivity contribution in [3.63, 3.8) is 0 Å². The van der Waals surface area contributed by atoms with Crippen LogP contribution in [0.1, 0.15) is 36.6 Å². The third-order valence-electron chi connectivity index (χ3n) is 6.01. The van der Waals surface area contributed by atoms with Crippen LogP contribution in [0.2, 0.25) is 0 Å². The highest BCUT2D eigenvalue weighted by atomic mass is 19.1. The normalized spacial score (nSPS) is 16.8. The van der Waals surface area contributed by atoms with Crippen LogP contribution in [0.25, 0.3) is 5.76 Å². The molecule has 1 saturated heterocycles. The number of ether oxygens (including phenoxy) is 3. The topological polar surface area (TPSA) is 85.3 Å². The molecule has 192 valence electrons. The van der Waals surface area contributed by atoms with Crippen LogP contribution >= 0.6 is 0 Å². The fourth-order valence-electron chi connectivity index (χ4n) is 4.36. The molecular weight excluding hydrogens is 477 g/mol. The summed E-state index contributed by atoms with van der Waals surface area (Å²) in [6.45, 7) is 3.86. The molecule has 0 spiro atoms. The number of aliphatic hydroxyl groups excluding tert-OH is 1. The first-order chi connectivity index (χ1) is 17.7. The number of carbonyl (C=O) groups is 2. The van der Waals surface area contributed by atoms with Crippen molar-refractivity contribution in [1.29, 1.82) is 0 Å². The number of benzene rings is 3. The number of hydrogen-bond acceptors (Lipinski definition) is 6. The van der Waals surface area contributed by atoms with Gasteiger partial charge in [0.1, 0.15) is 28.8 Å². The minimum atomic E-state index is -0.953. The maximum atomic E-state index is 14.1. The fraction of sp³-hybridized carbons (Fsp3) is 0.241. The van der Waals surface area contributed by atoms with Crippen molar-refractivity contribution in [2.45, 2.75) is 32.5 Å². The lowest BCUT2D eigenvalue weighted by molar-refractivity contribution is -0.140. The molecule has 8 heteroatoms. The summed E-state index contributed by atoms with van der Waals surface area (Å²) in [7, 11) is 2.93. The molecule has 1 unspecified atom stereocenters. The maximum Gasteiger partial charge on any atom is 0.295 e. The van der Waals surface area contributed by atoms with Gasteiger partial charge in [0.05, 0.1) is 37.5 Å². The Bertz CT molecular complexity index is 1350. The minimum Gasteiger partial charge on any atom is -0.507 e. The predicted molar refractivity (Wildman–Crippen MR) is 136 cm³/mol. The van der Waals surface area contributed by atoms with Crippen molar-refractivity contribution in [2.75, 3.05) is 14.2 Å². The first-order valence-electron chi connectivity index (χ1n) is 11.7. The number of aliphatic hydroxyl groups is 1. The minimum absolute atomic E-state index is 0.0236. The standard InChI is InChI=1S/C29H28FNO6/c1-17(2)37-22-7-5-6-19(14-22)26-25(27(32)23-15-20(30)10-13-24(23)36-4)28(33)29(34)31(26)16-18-8-11-21(35-3)12-9-18/h5-15,17,26,32H,16H2,1-4H3/b27-25+. The van der Waals surface area contributed by atoms with E-state index in [2.05, 4.69) is 0 Å². The molecule has 0 bridgehead atoms. The molecule has 1 fully saturated rings. The molecule has 3 aromatic carbocycles. The van der Waals surface area contributed by atoms with Crippen molar-refractivity contribution in [3.8, 4) is 17.2 Å². The van der Waals surface area contributed by atoms with E-state index in [9.17, 15) is 19.1 Å². The molecule has 1 N–H and O–H groups in total. The van der Waals surface area contributed by atoms with Gasteiger partial charge in [-0.15, -0.1) is 0 Å². The molecule has 1 aliphatic heterocycles. The van der Waals surface area contributed by atoms with Gasteiger partial charge in [-0.2, -0.15) is 0 Å². The first-order valence-corrected chi connectivity index (χ1v) is 11.7. The molecule has 1 atom stereocenters. The van der Waals surface area contributed by atoms with Crippen molar-refractivity contribution in [2.24, 2.45) is 0 Å². The van der Waals surface area contributed by atoms with Crippen LogP contribution in [-0.4, -0.2) is 42.0 Å². The van der Waals surface area contributed by atoms with Gasteiger partial charge in [-0.05, 0) is 67.4 Å². The summed E-state index contributed by atoms with van der Waals surface area (Å²) in [4.78, 5) is 28.1. The van der Waals surface area contributed by atoms with Crippen LogP contribution in [0.15, 0.2) is 72.3 Å². The van der Waals surface area contributed by atoms with Gasteiger partial charge in [-0.25, -0.2) is 4.39 Å². The number of hydrogen-bond donors (Lipinski definition) is 1. The Kier molecular flexibility index (Phi) is 7.47. The highest BCUT2D eigenvalue weighted by Gasteiger charge is 2.46. The summed E-state index contributed by atoms with van der Waals surface area (Å²) in [6, 6.07) is 16.8. The summed E-state index contributed by atoms with van der Waals surface area (Å²) in [5.74, 6) is -1.45. The van der Waals surface area contributed by atoms with E-state index in [1.54, 1.807) is 55.6 Å². The third-order valence-corrected chi connectivity index (χ3v) is 6.01. The average Bonchev–Trinajstić information content (AvgIpc) is 3.13. The third kappa shape index (κ3) is 5.28. The lowest BCUT2D eigenvalue weighted by Crippen LogP contribution is -2.29. The molecule has 0 aromatic heterocycles. The van der Waals surface area contributed by atoms with Crippen molar-refractivity contribution in [3.05, 3.63) is 94.8 Å². The van der Waals surface area contributed by atoms with Crippen molar-refractivity contribution in [1.82, 2.24) is 4.90 Å². The number of amides is 1. The smallest absolute Gasteiger partial charge is 0.295 e. The zero-order valence-electron chi connectivity index (χ0n) is 21.0. The molecule has 1 heterocycles. The fourth-order valence-corrected chi connectivity index (χ4v) is 4.36. The molecule has 0 aliphatic carbocycles. The van der Waals surface area contributed by atoms with Crippen molar-refractivity contribution < 1.29 is 33.3 Å². The number of Topliss-reactive ketones (excluding diaryl/α,β-unsaturated/α-hetero) is 1. The highest BCUT2D eigenvalue weighted by molar-refractivity contribution is 6.46. The molecule has 4 rings (SSSR count).